The van der Waals surface area contributed by atoms with Gasteiger partial charge in [-0.05, 0) is 36.8 Å². The number of rotatable bonds is 1. The fraction of sp³-hybridized carbons (Fsp3) is 0.455. The summed E-state index contributed by atoms with van der Waals surface area (Å²) in [6.07, 6.45) is 3.13. The van der Waals surface area contributed by atoms with Gasteiger partial charge in [-0.25, -0.2) is 0 Å². The van der Waals surface area contributed by atoms with E-state index in [0.29, 0.717) is 5.92 Å². The molecule has 0 radical (unpaired) electrons. The lowest BCUT2D eigenvalue weighted by molar-refractivity contribution is 0.641. The third kappa shape index (κ3) is 1.24. The molecule has 72 valence electrons. The van der Waals surface area contributed by atoms with Crippen molar-refractivity contribution in [3.63, 3.8) is 0 Å². The van der Waals surface area contributed by atoms with Gasteiger partial charge in [0.15, 0.2) is 0 Å². The Morgan fingerprint density at radius 1 is 1.71 bits per heavy atom. The first kappa shape index (κ1) is 9.01. The van der Waals surface area contributed by atoms with Gasteiger partial charge < -0.3 is 4.98 Å². The second-order valence-corrected chi connectivity index (χ2v) is 3.71. The molecule has 1 aromatic rings. The first-order valence-corrected chi connectivity index (χ1v) is 4.92. The molecule has 0 aliphatic heterocycles. The van der Waals surface area contributed by atoms with Gasteiger partial charge in [0.2, 0.25) is 0 Å². The fourth-order valence-electron chi connectivity index (χ4n) is 2.12. The van der Waals surface area contributed by atoms with Gasteiger partial charge in [-0.1, -0.05) is 6.92 Å². The number of hydrogen-bond donors (Lipinski definition) is 1. The highest BCUT2D eigenvalue weighted by Crippen LogP contribution is 2.32. The van der Waals surface area contributed by atoms with Crippen LogP contribution in [0.1, 0.15) is 42.5 Å². The summed E-state index contributed by atoms with van der Waals surface area (Å²) < 4.78 is 0. The summed E-state index contributed by atoms with van der Waals surface area (Å²) >= 11 is 0. The number of nitrogens with zero attached hydrogens (tertiary/aromatic N) is 1. The lowest BCUT2D eigenvalue weighted by atomic mass is 10.0. The van der Waals surface area contributed by atoms with E-state index < -0.39 is 0 Å². The molecular weight excluding hydrogens is 176 g/mol. The molecular formula is C11H12N2O. The number of nitriles is 1. The standard InChI is InChI=1S/C11H12N2O/c1-2-7-3-4-8-5-9(6-12)11(14)13-10(7)8/h5,7H,2-4H2,1H3,(H,13,14). The van der Waals surface area contributed by atoms with Crippen LogP contribution in [0.4, 0.5) is 0 Å². The van der Waals surface area contributed by atoms with Crippen LogP contribution >= 0.6 is 0 Å². The van der Waals surface area contributed by atoms with Crippen LogP contribution in [0.3, 0.4) is 0 Å². The minimum atomic E-state index is -0.244. The predicted octanol–water partition coefficient (Wildman–Crippen LogP) is 1.69. The van der Waals surface area contributed by atoms with Gasteiger partial charge in [0.25, 0.3) is 5.56 Å². The number of aromatic amines is 1. The van der Waals surface area contributed by atoms with Gasteiger partial charge in [-0.2, -0.15) is 5.26 Å². The number of pyridine rings is 1. The maximum Gasteiger partial charge on any atom is 0.266 e. The zero-order valence-corrected chi connectivity index (χ0v) is 8.13. The zero-order valence-electron chi connectivity index (χ0n) is 8.13. The van der Waals surface area contributed by atoms with E-state index in [-0.39, 0.29) is 11.1 Å². The van der Waals surface area contributed by atoms with Crippen molar-refractivity contribution in [3.05, 3.63) is 33.2 Å². The Morgan fingerprint density at radius 3 is 3.14 bits per heavy atom. The monoisotopic (exact) mass is 188 g/mol. The highest BCUT2D eigenvalue weighted by Gasteiger charge is 2.22. The minimum absolute atomic E-state index is 0.237. The summed E-state index contributed by atoms with van der Waals surface area (Å²) in [6, 6.07) is 3.65. The lowest BCUT2D eigenvalue weighted by Crippen LogP contribution is -2.13. The van der Waals surface area contributed by atoms with Crippen molar-refractivity contribution in [1.29, 1.82) is 5.26 Å². The van der Waals surface area contributed by atoms with E-state index in [2.05, 4.69) is 11.9 Å². The normalized spacial score (nSPS) is 19.0. The van der Waals surface area contributed by atoms with Gasteiger partial charge in [0, 0.05) is 5.69 Å². The van der Waals surface area contributed by atoms with E-state index in [1.807, 2.05) is 6.07 Å². The molecule has 2 rings (SSSR count). The Balaban J connectivity index is 2.56. The molecule has 0 amide bonds. The van der Waals surface area contributed by atoms with E-state index in [0.717, 1.165) is 30.5 Å². The topological polar surface area (TPSA) is 56.6 Å². The van der Waals surface area contributed by atoms with Crippen molar-refractivity contribution in [3.8, 4) is 6.07 Å². The van der Waals surface area contributed by atoms with Crippen molar-refractivity contribution in [2.45, 2.75) is 32.1 Å². The van der Waals surface area contributed by atoms with Crippen molar-refractivity contribution in [1.82, 2.24) is 4.98 Å². The maximum absolute atomic E-state index is 11.4. The van der Waals surface area contributed by atoms with Crippen molar-refractivity contribution in [2.24, 2.45) is 0 Å². The molecule has 14 heavy (non-hydrogen) atoms. The first-order chi connectivity index (χ1) is 6.76. The number of fused-ring (bicyclic) bond motifs is 1. The van der Waals surface area contributed by atoms with E-state index >= 15 is 0 Å². The Labute approximate surface area is 82.4 Å². The van der Waals surface area contributed by atoms with E-state index in [1.165, 1.54) is 0 Å². The Bertz CT molecular complexity index is 453. The van der Waals surface area contributed by atoms with Crippen LogP contribution in [0.15, 0.2) is 10.9 Å². The van der Waals surface area contributed by atoms with Gasteiger partial charge in [0.05, 0.1) is 0 Å². The molecule has 1 unspecified atom stereocenters. The SMILES string of the molecule is CCC1CCc2cc(C#N)c(=O)[nH]c21. The van der Waals surface area contributed by atoms with Crippen LogP contribution in [0.2, 0.25) is 0 Å². The third-order valence-electron chi connectivity index (χ3n) is 2.94. The molecule has 0 spiro atoms. The van der Waals surface area contributed by atoms with Crippen LogP contribution in [0, 0.1) is 11.3 Å². The van der Waals surface area contributed by atoms with Gasteiger partial charge in [0.1, 0.15) is 11.6 Å². The molecule has 3 heteroatoms. The number of nitrogens with one attached hydrogen (secondary N) is 1. The largest absolute Gasteiger partial charge is 0.325 e. The summed E-state index contributed by atoms with van der Waals surface area (Å²) in [5.41, 5.74) is 2.19. The summed E-state index contributed by atoms with van der Waals surface area (Å²) in [4.78, 5) is 14.2. The smallest absolute Gasteiger partial charge is 0.266 e. The van der Waals surface area contributed by atoms with Crippen LogP contribution in [0.25, 0.3) is 0 Å². The summed E-state index contributed by atoms with van der Waals surface area (Å²) in [6.45, 7) is 2.12. The van der Waals surface area contributed by atoms with Crippen LogP contribution in [-0.2, 0) is 6.42 Å². The Kier molecular flexibility index (Phi) is 2.12. The summed E-state index contributed by atoms with van der Waals surface area (Å²) in [5.74, 6) is 0.477. The van der Waals surface area contributed by atoms with Crippen LogP contribution < -0.4 is 5.56 Å². The first-order valence-electron chi connectivity index (χ1n) is 4.92. The maximum atomic E-state index is 11.4. The van der Waals surface area contributed by atoms with Gasteiger partial charge >= 0.3 is 0 Å². The number of H-pyrrole nitrogens is 1. The number of aromatic nitrogens is 1. The number of aryl methyl sites for hydroxylation is 1. The Morgan fingerprint density at radius 2 is 2.50 bits per heavy atom. The molecule has 0 bridgehead atoms. The second-order valence-electron chi connectivity index (χ2n) is 3.71. The minimum Gasteiger partial charge on any atom is -0.325 e. The molecule has 0 fully saturated rings. The highest BCUT2D eigenvalue weighted by atomic mass is 16.1. The van der Waals surface area contributed by atoms with Crippen molar-refractivity contribution >= 4 is 0 Å². The third-order valence-corrected chi connectivity index (χ3v) is 2.94. The van der Waals surface area contributed by atoms with E-state index in [9.17, 15) is 4.79 Å². The van der Waals surface area contributed by atoms with Crippen molar-refractivity contribution < 1.29 is 0 Å². The summed E-state index contributed by atoms with van der Waals surface area (Å²) in [7, 11) is 0. The average molecular weight is 188 g/mol. The van der Waals surface area contributed by atoms with Gasteiger partial charge in [-0.3, -0.25) is 4.79 Å². The molecule has 1 atom stereocenters. The Hall–Kier alpha value is -1.56. The summed E-state index contributed by atoms with van der Waals surface area (Å²) in [5, 5.41) is 8.70. The molecule has 1 aliphatic rings. The van der Waals surface area contributed by atoms with Gasteiger partial charge in [-0.15, -0.1) is 0 Å². The molecule has 0 saturated carbocycles. The lowest BCUT2D eigenvalue weighted by Gasteiger charge is -2.06. The predicted molar refractivity (Wildman–Crippen MR) is 53.1 cm³/mol. The molecule has 1 N–H and O–H groups in total. The molecule has 1 heterocycles. The van der Waals surface area contributed by atoms with E-state index in [4.69, 9.17) is 5.26 Å². The molecule has 0 saturated heterocycles. The molecule has 3 nitrogen and oxygen atoms in total. The quantitative estimate of drug-likeness (QED) is 0.729. The molecule has 1 aliphatic carbocycles. The fourth-order valence-corrected chi connectivity index (χ4v) is 2.12. The molecule has 0 aromatic carbocycles. The van der Waals surface area contributed by atoms with Crippen LogP contribution in [0.5, 0.6) is 0 Å². The highest BCUT2D eigenvalue weighted by molar-refractivity contribution is 5.37. The van der Waals surface area contributed by atoms with Crippen molar-refractivity contribution in [2.75, 3.05) is 0 Å². The second kappa shape index (κ2) is 3.30. The zero-order chi connectivity index (χ0) is 10.1. The van der Waals surface area contributed by atoms with Crippen LogP contribution in [-0.4, -0.2) is 4.98 Å². The van der Waals surface area contributed by atoms with E-state index in [1.54, 1.807) is 6.07 Å². The number of hydrogen-bond acceptors (Lipinski definition) is 2. The molecule has 1 aromatic heterocycles. The average Bonchev–Trinajstić information content (AvgIpc) is 2.58.